The van der Waals surface area contributed by atoms with Gasteiger partial charge in [-0.15, -0.1) is 0 Å². The molecule has 0 aromatic heterocycles. The summed E-state index contributed by atoms with van der Waals surface area (Å²) in [6, 6.07) is 5.56. The summed E-state index contributed by atoms with van der Waals surface area (Å²) in [5.74, 6) is -0.549. The van der Waals surface area contributed by atoms with Gasteiger partial charge >= 0.3 is 5.97 Å². The first-order valence-corrected chi connectivity index (χ1v) is 8.22. The monoisotopic (exact) mass is 312 g/mol. The number of sulfonamides is 1. The Bertz CT molecular complexity index is 645. The third kappa shape index (κ3) is 4.86. The van der Waals surface area contributed by atoms with Crippen LogP contribution >= 0.6 is 0 Å². The number of rotatable bonds is 5. The molecule has 0 amide bonds. The molecule has 0 aliphatic rings. The highest BCUT2D eigenvalue weighted by molar-refractivity contribution is 7.92. The zero-order valence-electron chi connectivity index (χ0n) is 12.9. The van der Waals surface area contributed by atoms with Crippen LogP contribution in [-0.4, -0.2) is 32.9 Å². The molecule has 0 bridgehead atoms. The number of aryl methyl sites for hydroxylation is 2. The number of para-hydroxylation sites is 1. The Hall–Kier alpha value is -1.89. The molecule has 0 radical (unpaired) electrons. The standard InChI is InChI=1S/C14H20N2O4S/c1-10-7-6-8-11(2)14(10)16(21(5,18)19)9-12(3)15-20-13(4)17/h6-8H,9H2,1-5H3. The average molecular weight is 312 g/mol. The number of carbonyl (C=O) groups is 1. The second-order valence-corrected chi connectivity index (χ2v) is 6.83. The Balaban J connectivity index is 3.21. The van der Waals surface area contributed by atoms with Crippen LogP contribution in [0.2, 0.25) is 0 Å². The minimum Gasteiger partial charge on any atom is -0.319 e. The van der Waals surface area contributed by atoms with E-state index in [2.05, 4.69) is 9.99 Å². The Morgan fingerprint density at radius 2 is 1.76 bits per heavy atom. The predicted molar refractivity (Wildman–Crippen MR) is 83.0 cm³/mol. The molecule has 7 heteroatoms. The van der Waals surface area contributed by atoms with E-state index in [1.165, 1.54) is 11.2 Å². The van der Waals surface area contributed by atoms with Gasteiger partial charge in [0.2, 0.25) is 10.0 Å². The Labute approximate surface area is 125 Å². The maximum atomic E-state index is 12.1. The lowest BCUT2D eigenvalue weighted by atomic mass is 10.1. The van der Waals surface area contributed by atoms with Crippen molar-refractivity contribution >= 4 is 27.4 Å². The second kappa shape index (κ2) is 6.71. The number of oxime groups is 1. The lowest BCUT2D eigenvalue weighted by molar-refractivity contribution is -0.140. The Morgan fingerprint density at radius 1 is 1.24 bits per heavy atom. The third-order valence-corrected chi connectivity index (χ3v) is 3.90. The summed E-state index contributed by atoms with van der Waals surface area (Å²) in [5, 5.41) is 3.62. The van der Waals surface area contributed by atoms with Crippen molar-refractivity contribution in [1.29, 1.82) is 0 Å². The second-order valence-electron chi connectivity index (χ2n) is 4.92. The Morgan fingerprint density at radius 3 is 2.19 bits per heavy atom. The third-order valence-electron chi connectivity index (χ3n) is 2.79. The minimum atomic E-state index is -3.48. The van der Waals surface area contributed by atoms with Crippen LogP contribution in [0.3, 0.4) is 0 Å². The predicted octanol–water partition coefficient (Wildman–Crippen LogP) is 2.01. The van der Waals surface area contributed by atoms with Crippen molar-refractivity contribution in [3.8, 4) is 0 Å². The summed E-state index contributed by atoms with van der Waals surface area (Å²) in [6.45, 7) is 6.56. The van der Waals surface area contributed by atoms with Crippen LogP contribution in [0.15, 0.2) is 23.4 Å². The molecule has 116 valence electrons. The van der Waals surface area contributed by atoms with Crippen LogP contribution in [0.1, 0.15) is 25.0 Å². The van der Waals surface area contributed by atoms with Gasteiger partial charge in [-0.1, -0.05) is 23.4 Å². The van der Waals surface area contributed by atoms with Crippen LogP contribution in [0.5, 0.6) is 0 Å². The van der Waals surface area contributed by atoms with Gasteiger partial charge in [0.1, 0.15) is 0 Å². The molecular formula is C14H20N2O4S. The number of hydrogen-bond acceptors (Lipinski definition) is 5. The van der Waals surface area contributed by atoms with E-state index < -0.39 is 16.0 Å². The van der Waals surface area contributed by atoms with Crippen molar-refractivity contribution < 1.29 is 18.0 Å². The van der Waals surface area contributed by atoms with Crippen LogP contribution in [0.25, 0.3) is 0 Å². The quantitative estimate of drug-likeness (QED) is 0.473. The molecule has 1 aromatic carbocycles. The van der Waals surface area contributed by atoms with Gasteiger partial charge in [0.15, 0.2) is 0 Å². The highest BCUT2D eigenvalue weighted by atomic mass is 32.2. The average Bonchev–Trinajstić information content (AvgIpc) is 2.33. The van der Waals surface area contributed by atoms with E-state index in [9.17, 15) is 13.2 Å². The fourth-order valence-electron chi connectivity index (χ4n) is 1.94. The summed E-state index contributed by atoms with van der Waals surface area (Å²) in [4.78, 5) is 15.3. The summed E-state index contributed by atoms with van der Waals surface area (Å²) in [7, 11) is -3.48. The van der Waals surface area contributed by atoms with Gasteiger partial charge in [0, 0.05) is 6.92 Å². The smallest absolute Gasteiger partial charge is 0.319 e. The van der Waals surface area contributed by atoms with Gasteiger partial charge in [-0.05, 0) is 31.9 Å². The van der Waals surface area contributed by atoms with E-state index in [-0.39, 0.29) is 6.54 Å². The molecule has 0 N–H and O–H groups in total. The summed E-state index contributed by atoms with van der Waals surface area (Å²) >= 11 is 0. The zero-order chi connectivity index (χ0) is 16.2. The maximum Gasteiger partial charge on any atom is 0.331 e. The van der Waals surface area contributed by atoms with E-state index in [1.807, 2.05) is 32.0 Å². The van der Waals surface area contributed by atoms with Crippen LogP contribution < -0.4 is 4.31 Å². The number of hydrogen-bond donors (Lipinski definition) is 0. The Kier molecular flexibility index (Phi) is 5.48. The molecule has 0 unspecified atom stereocenters. The first-order chi connectivity index (χ1) is 9.62. The summed E-state index contributed by atoms with van der Waals surface area (Å²) in [6.07, 6.45) is 1.14. The van der Waals surface area contributed by atoms with Gasteiger partial charge in [0.25, 0.3) is 0 Å². The number of nitrogens with zero attached hydrogens (tertiary/aromatic N) is 2. The highest BCUT2D eigenvalue weighted by Gasteiger charge is 2.22. The van der Waals surface area contributed by atoms with Gasteiger partial charge in [-0.25, -0.2) is 13.2 Å². The zero-order valence-corrected chi connectivity index (χ0v) is 13.7. The molecule has 21 heavy (non-hydrogen) atoms. The van der Waals surface area contributed by atoms with Gasteiger partial charge in [-0.3, -0.25) is 4.31 Å². The minimum absolute atomic E-state index is 0.0256. The highest BCUT2D eigenvalue weighted by Crippen LogP contribution is 2.26. The number of carbonyl (C=O) groups excluding carboxylic acids is 1. The van der Waals surface area contributed by atoms with E-state index in [4.69, 9.17) is 0 Å². The molecular weight excluding hydrogens is 292 g/mol. The van der Waals surface area contributed by atoms with Crippen molar-refractivity contribution in [2.75, 3.05) is 17.1 Å². The molecule has 0 heterocycles. The normalized spacial score (nSPS) is 12.1. The lowest BCUT2D eigenvalue weighted by Crippen LogP contribution is -2.35. The molecule has 0 saturated heterocycles. The van der Waals surface area contributed by atoms with Crippen molar-refractivity contribution in [1.82, 2.24) is 0 Å². The fourth-order valence-corrected chi connectivity index (χ4v) is 2.98. The van der Waals surface area contributed by atoms with Gasteiger partial charge in [-0.2, -0.15) is 0 Å². The molecule has 1 aromatic rings. The molecule has 0 fully saturated rings. The van der Waals surface area contributed by atoms with Gasteiger partial charge in [0.05, 0.1) is 24.2 Å². The molecule has 6 nitrogen and oxygen atoms in total. The molecule has 0 atom stereocenters. The van der Waals surface area contributed by atoms with E-state index in [0.29, 0.717) is 11.4 Å². The summed E-state index contributed by atoms with van der Waals surface area (Å²) < 4.78 is 25.4. The number of benzene rings is 1. The van der Waals surface area contributed by atoms with E-state index >= 15 is 0 Å². The van der Waals surface area contributed by atoms with Crippen molar-refractivity contribution in [3.63, 3.8) is 0 Å². The largest absolute Gasteiger partial charge is 0.331 e. The fraction of sp³-hybridized carbons (Fsp3) is 0.429. The lowest BCUT2D eigenvalue weighted by Gasteiger charge is -2.25. The maximum absolute atomic E-state index is 12.1. The molecule has 1 rings (SSSR count). The van der Waals surface area contributed by atoms with E-state index in [0.717, 1.165) is 17.4 Å². The van der Waals surface area contributed by atoms with Crippen molar-refractivity contribution in [2.24, 2.45) is 5.16 Å². The summed E-state index contributed by atoms with van der Waals surface area (Å²) in [5.41, 5.74) is 2.71. The molecule has 0 aliphatic carbocycles. The molecule has 0 spiro atoms. The SMILES string of the molecule is CC(=O)ON=C(C)CN(c1c(C)cccc1C)S(C)(=O)=O. The van der Waals surface area contributed by atoms with Crippen molar-refractivity contribution in [2.45, 2.75) is 27.7 Å². The topological polar surface area (TPSA) is 76.0 Å². The van der Waals surface area contributed by atoms with Crippen LogP contribution in [0, 0.1) is 13.8 Å². The first-order valence-electron chi connectivity index (χ1n) is 6.38. The number of anilines is 1. The van der Waals surface area contributed by atoms with Crippen LogP contribution in [-0.2, 0) is 19.7 Å². The molecule has 0 saturated carbocycles. The van der Waals surface area contributed by atoms with Crippen LogP contribution in [0.4, 0.5) is 5.69 Å². The van der Waals surface area contributed by atoms with Crippen molar-refractivity contribution in [3.05, 3.63) is 29.3 Å². The van der Waals surface area contributed by atoms with E-state index in [1.54, 1.807) is 6.92 Å². The first kappa shape index (κ1) is 17.2. The molecule has 0 aliphatic heterocycles. The van der Waals surface area contributed by atoms with Gasteiger partial charge < -0.3 is 4.84 Å².